The Morgan fingerprint density at radius 3 is 2.67 bits per heavy atom. The van der Waals surface area contributed by atoms with Gasteiger partial charge in [0, 0.05) is 20.2 Å². The molecule has 0 saturated heterocycles. The van der Waals surface area contributed by atoms with E-state index in [1.807, 2.05) is 38.1 Å². The highest BCUT2D eigenvalue weighted by Crippen LogP contribution is 2.15. The molecule has 0 radical (unpaired) electrons. The summed E-state index contributed by atoms with van der Waals surface area (Å²) in [6, 6.07) is 8.20. The first-order valence-electron chi connectivity index (χ1n) is 6.82. The largest absolute Gasteiger partial charge is 0.491 e. The van der Waals surface area contributed by atoms with E-state index < -0.39 is 0 Å². The molecule has 120 valence electrons. The molecule has 0 spiro atoms. The molecule has 1 aromatic rings. The number of halogens is 1. The lowest BCUT2D eigenvalue weighted by atomic mass is 10.2. The maximum Gasteiger partial charge on any atom is 0.191 e. The number of benzene rings is 1. The molecule has 1 atom stereocenters. The predicted molar refractivity (Wildman–Crippen MR) is 97.9 cm³/mol. The van der Waals surface area contributed by atoms with Gasteiger partial charge in [0.15, 0.2) is 5.96 Å². The van der Waals surface area contributed by atoms with Gasteiger partial charge in [0.25, 0.3) is 0 Å². The highest BCUT2D eigenvalue weighted by Gasteiger charge is 2.04. The molecule has 5 nitrogen and oxygen atoms in total. The van der Waals surface area contributed by atoms with Crippen LogP contribution in [0.25, 0.3) is 0 Å². The third-order valence-corrected chi connectivity index (χ3v) is 2.77. The molecule has 0 saturated carbocycles. The van der Waals surface area contributed by atoms with Crippen LogP contribution in [0.15, 0.2) is 29.3 Å². The lowest BCUT2D eigenvalue weighted by molar-refractivity contribution is 0.179. The van der Waals surface area contributed by atoms with Crippen molar-refractivity contribution in [2.24, 2.45) is 4.99 Å². The van der Waals surface area contributed by atoms with Gasteiger partial charge < -0.3 is 20.1 Å². The molecule has 1 aromatic carbocycles. The van der Waals surface area contributed by atoms with E-state index in [9.17, 15) is 0 Å². The summed E-state index contributed by atoms with van der Waals surface area (Å²) in [5.74, 6) is 1.67. The fraction of sp³-hybridized carbons (Fsp3) is 0.533. The lowest BCUT2D eigenvalue weighted by Crippen LogP contribution is -2.45. The van der Waals surface area contributed by atoms with E-state index >= 15 is 0 Å². The number of methoxy groups -OCH3 is 1. The van der Waals surface area contributed by atoms with Crippen molar-refractivity contribution in [1.29, 1.82) is 0 Å². The first-order chi connectivity index (χ1) is 9.67. The topological polar surface area (TPSA) is 54.9 Å². The molecule has 1 unspecified atom stereocenters. The Kier molecular flexibility index (Phi) is 11.1. The van der Waals surface area contributed by atoms with Crippen LogP contribution in [0.2, 0.25) is 0 Å². The number of guanidine groups is 1. The van der Waals surface area contributed by atoms with Gasteiger partial charge in [-0.1, -0.05) is 18.2 Å². The molecule has 0 amide bonds. The average Bonchev–Trinajstić information content (AvgIpc) is 2.44. The number of nitrogens with one attached hydrogen (secondary N) is 2. The summed E-state index contributed by atoms with van der Waals surface area (Å²) in [5, 5.41) is 6.44. The standard InChI is InChI=1S/C15H25N3O2.HI/c1-12-7-5-6-8-14(12)20-10-9-17-15(16-3)18-13(2)11-19-4;/h5-8,13H,9-11H2,1-4H3,(H2,16,17,18);1H. The number of aryl methyl sites for hydroxylation is 1. The van der Waals surface area contributed by atoms with Crippen molar-refractivity contribution in [3.63, 3.8) is 0 Å². The zero-order valence-electron chi connectivity index (χ0n) is 13.2. The van der Waals surface area contributed by atoms with Crippen LogP contribution < -0.4 is 15.4 Å². The van der Waals surface area contributed by atoms with Crippen LogP contribution in [0.5, 0.6) is 5.75 Å². The van der Waals surface area contributed by atoms with Gasteiger partial charge >= 0.3 is 0 Å². The van der Waals surface area contributed by atoms with Gasteiger partial charge in [0.1, 0.15) is 12.4 Å². The molecule has 6 heteroatoms. The maximum atomic E-state index is 5.71. The Morgan fingerprint density at radius 1 is 1.33 bits per heavy atom. The minimum Gasteiger partial charge on any atom is -0.491 e. The van der Waals surface area contributed by atoms with E-state index in [-0.39, 0.29) is 30.0 Å². The molecule has 0 aromatic heterocycles. The number of nitrogens with zero attached hydrogens (tertiary/aromatic N) is 1. The second kappa shape index (κ2) is 11.6. The Labute approximate surface area is 144 Å². The van der Waals surface area contributed by atoms with Gasteiger partial charge in [0.2, 0.25) is 0 Å². The van der Waals surface area contributed by atoms with Crippen molar-refractivity contribution in [2.75, 3.05) is 33.9 Å². The number of aliphatic imine (C=N–C) groups is 1. The quantitative estimate of drug-likeness (QED) is 0.315. The molecule has 0 heterocycles. The van der Waals surface area contributed by atoms with Crippen LogP contribution in [0, 0.1) is 6.92 Å². The predicted octanol–water partition coefficient (Wildman–Crippen LogP) is 2.19. The van der Waals surface area contributed by atoms with E-state index in [2.05, 4.69) is 15.6 Å². The molecule has 0 aliphatic heterocycles. The van der Waals surface area contributed by atoms with E-state index in [0.717, 1.165) is 17.3 Å². The zero-order chi connectivity index (χ0) is 14.8. The first kappa shape index (κ1) is 20.0. The van der Waals surface area contributed by atoms with E-state index in [4.69, 9.17) is 9.47 Å². The van der Waals surface area contributed by atoms with Crippen molar-refractivity contribution in [2.45, 2.75) is 19.9 Å². The van der Waals surface area contributed by atoms with E-state index in [1.54, 1.807) is 14.2 Å². The highest BCUT2D eigenvalue weighted by molar-refractivity contribution is 14.0. The van der Waals surface area contributed by atoms with Crippen LogP contribution in [-0.4, -0.2) is 45.9 Å². The van der Waals surface area contributed by atoms with E-state index in [0.29, 0.717) is 19.8 Å². The summed E-state index contributed by atoms with van der Waals surface area (Å²) < 4.78 is 10.8. The summed E-state index contributed by atoms with van der Waals surface area (Å²) >= 11 is 0. The highest BCUT2D eigenvalue weighted by atomic mass is 127. The van der Waals surface area contributed by atoms with Crippen LogP contribution >= 0.6 is 24.0 Å². The summed E-state index contributed by atoms with van der Waals surface area (Å²) in [6.07, 6.45) is 0. The fourth-order valence-corrected chi connectivity index (χ4v) is 1.77. The Balaban J connectivity index is 0.00000400. The number of hydrogen-bond donors (Lipinski definition) is 2. The Bertz CT molecular complexity index is 427. The van der Waals surface area contributed by atoms with Crippen molar-refractivity contribution in [1.82, 2.24) is 10.6 Å². The lowest BCUT2D eigenvalue weighted by Gasteiger charge is -2.17. The van der Waals surface area contributed by atoms with Crippen LogP contribution in [0.3, 0.4) is 0 Å². The third-order valence-electron chi connectivity index (χ3n) is 2.77. The number of rotatable bonds is 7. The van der Waals surface area contributed by atoms with Gasteiger partial charge in [0.05, 0.1) is 13.2 Å². The van der Waals surface area contributed by atoms with Crippen molar-refractivity contribution in [3.05, 3.63) is 29.8 Å². The minimum absolute atomic E-state index is 0. The van der Waals surface area contributed by atoms with Crippen molar-refractivity contribution < 1.29 is 9.47 Å². The van der Waals surface area contributed by atoms with Crippen molar-refractivity contribution in [3.8, 4) is 5.75 Å². The normalized spacial score (nSPS) is 12.3. The van der Waals surface area contributed by atoms with Crippen LogP contribution in [0.1, 0.15) is 12.5 Å². The van der Waals surface area contributed by atoms with Crippen LogP contribution in [0.4, 0.5) is 0 Å². The van der Waals surface area contributed by atoms with Crippen LogP contribution in [-0.2, 0) is 4.74 Å². The molecule has 0 aliphatic carbocycles. The molecular formula is C15H26IN3O2. The smallest absolute Gasteiger partial charge is 0.191 e. The monoisotopic (exact) mass is 407 g/mol. The van der Waals surface area contributed by atoms with Gasteiger partial charge in [-0.05, 0) is 25.5 Å². The minimum atomic E-state index is 0. The summed E-state index contributed by atoms with van der Waals surface area (Å²) in [7, 11) is 3.43. The molecular weight excluding hydrogens is 381 g/mol. The van der Waals surface area contributed by atoms with Gasteiger partial charge in [-0.2, -0.15) is 0 Å². The summed E-state index contributed by atoms with van der Waals surface area (Å²) in [6.45, 7) is 5.99. The Hall–Kier alpha value is -1.02. The molecule has 0 bridgehead atoms. The molecule has 0 fully saturated rings. The fourth-order valence-electron chi connectivity index (χ4n) is 1.77. The van der Waals surface area contributed by atoms with E-state index in [1.165, 1.54) is 0 Å². The van der Waals surface area contributed by atoms with Gasteiger partial charge in [-0.25, -0.2) is 0 Å². The number of ether oxygens (including phenoxy) is 2. The molecule has 21 heavy (non-hydrogen) atoms. The SMILES string of the molecule is CN=C(NCCOc1ccccc1C)NC(C)COC.I. The second-order valence-electron chi connectivity index (χ2n) is 4.61. The second-order valence-corrected chi connectivity index (χ2v) is 4.61. The summed E-state index contributed by atoms with van der Waals surface area (Å²) in [4.78, 5) is 4.16. The number of para-hydroxylation sites is 1. The van der Waals surface area contributed by atoms with Gasteiger partial charge in [-0.3, -0.25) is 4.99 Å². The molecule has 2 N–H and O–H groups in total. The average molecular weight is 407 g/mol. The summed E-state index contributed by atoms with van der Waals surface area (Å²) in [5.41, 5.74) is 1.14. The molecule has 1 rings (SSSR count). The molecule has 0 aliphatic rings. The third kappa shape index (κ3) is 8.11. The first-order valence-corrected chi connectivity index (χ1v) is 6.82. The zero-order valence-corrected chi connectivity index (χ0v) is 15.5. The number of hydrogen-bond acceptors (Lipinski definition) is 3. The van der Waals surface area contributed by atoms with Crippen molar-refractivity contribution >= 4 is 29.9 Å². The van der Waals surface area contributed by atoms with Gasteiger partial charge in [-0.15, -0.1) is 24.0 Å². The Morgan fingerprint density at radius 2 is 2.05 bits per heavy atom. The maximum absolute atomic E-state index is 5.71.